The number of thiocarbonyl (C=S) groups is 1. The highest BCUT2D eigenvalue weighted by atomic mass is 32.3. The van der Waals surface area contributed by atoms with Crippen molar-refractivity contribution in [1.82, 2.24) is 0 Å². The highest BCUT2D eigenvalue weighted by molar-refractivity contribution is 8.26. The second-order valence-corrected chi connectivity index (χ2v) is 10.3. The molecule has 0 saturated carbocycles. The summed E-state index contributed by atoms with van der Waals surface area (Å²) in [6.07, 6.45) is 0. The molecule has 1 atom stereocenters. The minimum atomic E-state index is -3.34. The van der Waals surface area contributed by atoms with Gasteiger partial charge in [-0.2, -0.15) is 0 Å². The van der Waals surface area contributed by atoms with Crippen LogP contribution in [0, 0.1) is 0 Å². The molecule has 0 amide bonds. The number of para-hydroxylation sites is 2. The molecule has 0 aliphatic carbocycles. The van der Waals surface area contributed by atoms with Crippen molar-refractivity contribution in [2.45, 2.75) is 5.25 Å². The van der Waals surface area contributed by atoms with Gasteiger partial charge in [-0.25, -0.2) is 13.4 Å². The summed E-state index contributed by atoms with van der Waals surface area (Å²) >= 11 is 6.92. The lowest BCUT2D eigenvalue weighted by Crippen LogP contribution is -2.24. The van der Waals surface area contributed by atoms with E-state index in [9.17, 15) is 8.42 Å². The molecule has 0 N–H and O–H groups in total. The second kappa shape index (κ2) is 8.49. The van der Waals surface area contributed by atoms with Crippen LogP contribution < -0.4 is 4.90 Å². The first-order valence-electron chi connectivity index (χ1n) is 8.98. The molecule has 0 bridgehead atoms. The molecule has 1 aliphatic rings. The van der Waals surface area contributed by atoms with Gasteiger partial charge in [0.25, 0.3) is 0 Å². The van der Waals surface area contributed by atoms with E-state index in [4.69, 9.17) is 12.2 Å². The predicted molar refractivity (Wildman–Crippen MR) is 126 cm³/mol. The SMILES string of the molecule is O=S1(=O)CS/C(=N\C(=S)N(c2ccccc2)c2ccccc2)C1c1ccccc1. The zero-order valence-electron chi connectivity index (χ0n) is 15.4. The summed E-state index contributed by atoms with van der Waals surface area (Å²) in [4.78, 5) is 6.50. The van der Waals surface area contributed by atoms with Crippen LogP contribution in [0.1, 0.15) is 10.8 Å². The first kappa shape index (κ1) is 19.8. The third kappa shape index (κ3) is 4.27. The van der Waals surface area contributed by atoms with E-state index < -0.39 is 15.1 Å². The number of thioether (sulfide) groups is 1. The Morgan fingerprint density at radius 1 is 0.862 bits per heavy atom. The Bertz CT molecular complexity index is 1090. The van der Waals surface area contributed by atoms with E-state index in [1.54, 1.807) is 0 Å². The molecule has 29 heavy (non-hydrogen) atoms. The molecule has 0 spiro atoms. The molecular formula is C22H18N2O2S3. The fourth-order valence-corrected chi connectivity index (χ4v) is 7.24. The Morgan fingerprint density at radius 2 is 1.34 bits per heavy atom. The minimum Gasteiger partial charge on any atom is -0.286 e. The highest BCUT2D eigenvalue weighted by Gasteiger charge is 2.39. The van der Waals surface area contributed by atoms with Crippen molar-refractivity contribution in [2.24, 2.45) is 4.99 Å². The molecule has 4 nitrogen and oxygen atoms in total. The quantitative estimate of drug-likeness (QED) is 0.515. The summed E-state index contributed by atoms with van der Waals surface area (Å²) in [5, 5.41) is 0.0473. The van der Waals surface area contributed by atoms with Crippen LogP contribution in [0.4, 0.5) is 11.4 Å². The predicted octanol–water partition coefficient (Wildman–Crippen LogP) is 5.37. The molecule has 1 fully saturated rings. The lowest BCUT2D eigenvalue weighted by atomic mass is 10.1. The molecule has 0 aromatic heterocycles. The third-order valence-corrected chi connectivity index (χ3v) is 8.53. The topological polar surface area (TPSA) is 49.7 Å². The molecule has 1 saturated heterocycles. The molecule has 0 radical (unpaired) electrons. The van der Waals surface area contributed by atoms with Crippen molar-refractivity contribution in [3.63, 3.8) is 0 Å². The fraction of sp³-hybridized carbons (Fsp3) is 0.0909. The van der Waals surface area contributed by atoms with E-state index in [-0.39, 0.29) is 5.08 Å². The van der Waals surface area contributed by atoms with E-state index in [0.717, 1.165) is 11.4 Å². The van der Waals surface area contributed by atoms with Gasteiger partial charge in [-0.1, -0.05) is 78.5 Å². The van der Waals surface area contributed by atoms with E-state index in [2.05, 4.69) is 4.99 Å². The van der Waals surface area contributed by atoms with Crippen LogP contribution in [0.15, 0.2) is 96.0 Å². The largest absolute Gasteiger partial charge is 0.286 e. The average Bonchev–Trinajstić information content (AvgIpc) is 3.04. The number of benzene rings is 3. The molecule has 146 valence electrons. The van der Waals surface area contributed by atoms with E-state index >= 15 is 0 Å². The summed E-state index contributed by atoms with van der Waals surface area (Å²) in [7, 11) is -3.34. The van der Waals surface area contributed by atoms with Gasteiger partial charge in [-0.05, 0) is 42.0 Å². The number of nitrogens with zero attached hydrogens (tertiary/aromatic N) is 2. The minimum absolute atomic E-state index is 0.00464. The van der Waals surface area contributed by atoms with E-state index in [1.807, 2.05) is 95.9 Å². The lowest BCUT2D eigenvalue weighted by molar-refractivity contribution is 0.598. The maximum Gasteiger partial charge on any atom is 0.205 e. The van der Waals surface area contributed by atoms with Gasteiger partial charge >= 0.3 is 0 Å². The first-order chi connectivity index (χ1) is 14.1. The van der Waals surface area contributed by atoms with Crippen molar-refractivity contribution in [3.8, 4) is 0 Å². The van der Waals surface area contributed by atoms with Gasteiger partial charge in [0.05, 0.1) is 0 Å². The van der Waals surface area contributed by atoms with Crippen molar-refractivity contribution in [3.05, 3.63) is 96.6 Å². The molecule has 4 rings (SSSR count). The van der Waals surface area contributed by atoms with Gasteiger partial charge in [0.2, 0.25) is 5.11 Å². The summed E-state index contributed by atoms with van der Waals surface area (Å²) in [6.45, 7) is 0. The van der Waals surface area contributed by atoms with Gasteiger partial charge in [0.1, 0.15) is 15.4 Å². The third-order valence-electron chi connectivity index (χ3n) is 4.48. The van der Waals surface area contributed by atoms with Crippen LogP contribution in [-0.4, -0.2) is 23.7 Å². The zero-order chi connectivity index (χ0) is 20.3. The summed E-state index contributed by atoms with van der Waals surface area (Å²) in [5.41, 5.74) is 2.45. The number of hydrogen-bond donors (Lipinski definition) is 0. The number of hydrogen-bond acceptors (Lipinski definition) is 4. The maximum absolute atomic E-state index is 12.7. The van der Waals surface area contributed by atoms with Crippen LogP contribution in [0.2, 0.25) is 0 Å². The highest BCUT2D eigenvalue weighted by Crippen LogP contribution is 2.39. The van der Waals surface area contributed by atoms with Crippen LogP contribution >= 0.6 is 24.0 Å². The lowest BCUT2D eigenvalue weighted by Gasteiger charge is -2.23. The van der Waals surface area contributed by atoms with Crippen LogP contribution in [-0.2, 0) is 9.84 Å². The molecule has 7 heteroatoms. The van der Waals surface area contributed by atoms with E-state index in [1.165, 1.54) is 11.8 Å². The molecule has 1 aliphatic heterocycles. The molecule has 3 aromatic rings. The Labute approximate surface area is 180 Å². The van der Waals surface area contributed by atoms with Gasteiger partial charge in [-0.3, -0.25) is 4.90 Å². The normalized spacial score (nSPS) is 19.2. The molecular weight excluding hydrogens is 420 g/mol. The smallest absolute Gasteiger partial charge is 0.205 e. The molecule has 3 aromatic carbocycles. The Kier molecular flexibility index (Phi) is 5.80. The van der Waals surface area contributed by atoms with Gasteiger partial charge in [-0.15, -0.1) is 0 Å². The van der Waals surface area contributed by atoms with Crippen molar-refractivity contribution in [1.29, 1.82) is 0 Å². The van der Waals surface area contributed by atoms with Gasteiger partial charge < -0.3 is 0 Å². The number of aliphatic imine (C=N–C) groups is 1. The average molecular weight is 439 g/mol. The first-order valence-corrected chi connectivity index (χ1v) is 12.1. The summed E-state index contributed by atoms with van der Waals surface area (Å²) < 4.78 is 25.4. The fourth-order valence-electron chi connectivity index (χ4n) is 3.18. The summed E-state index contributed by atoms with van der Waals surface area (Å²) in [6, 6.07) is 28.6. The van der Waals surface area contributed by atoms with Gasteiger partial charge in [0, 0.05) is 11.4 Å². The van der Waals surface area contributed by atoms with Crippen LogP contribution in [0.25, 0.3) is 0 Å². The van der Waals surface area contributed by atoms with Crippen LogP contribution in [0.5, 0.6) is 0 Å². The second-order valence-electron chi connectivity index (χ2n) is 6.45. The van der Waals surface area contributed by atoms with Crippen molar-refractivity contribution in [2.75, 3.05) is 9.98 Å². The Hall–Kier alpha value is -2.48. The number of anilines is 2. The number of sulfone groups is 1. The van der Waals surface area contributed by atoms with Crippen molar-refractivity contribution >= 4 is 55.3 Å². The Balaban J connectivity index is 1.76. The van der Waals surface area contributed by atoms with E-state index in [0.29, 0.717) is 15.7 Å². The van der Waals surface area contributed by atoms with Gasteiger partial charge in [0.15, 0.2) is 9.84 Å². The Morgan fingerprint density at radius 3 is 1.86 bits per heavy atom. The van der Waals surface area contributed by atoms with Crippen LogP contribution in [0.3, 0.4) is 0 Å². The summed E-state index contributed by atoms with van der Waals surface area (Å²) in [5.74, 6) is 0. The zero-order valence-corrected chi connectivity index (χ0v) is 17.8. The molecule has 1 unspecified atom stereocenters. The maximum atomic E-state index is 12.7. The number of rotatable bonds is 3. The van der Waals surface area contributed by atoms with Crippen molar-refractivity contribution < 1.29 is 8.42 Å². The molecule has 1 heterocycles. The monoisotopic (exact) mass is 438 g/mol. The standard InChI is InChI=1S/C22H18N2O2S3/c25-29(26)16-28-21(20(29)17-10-4-1-5-11-17)23-22(27)24(18-12-6-2-7-13-18)19-14-8-3-9-15-19/h1-15,20H,16H2/b23-21-.